The molecule has 1 amide bonds. The smallest absolute Gasteiger partial charge is 0.278 e. The van der Waals surface area contributed by atoms with Gasteiger partial charge in [-0.25, -0.2) is 4.98 Å². The van der Waals surface area contributed by atoms with Crippen molar-refractivity contribution in [2.75, 3.05) is 5.75 Å². The maximum absolute atomic E-state index is 12.9. The van der Waals surface area contributed by atoms with Gasteiger partial charge in [-0.3, -0.25) is 14.2 Å². The number of nitrogens with one attached hydrogen (secondary N) is 2. The van der Waals surface area contributed by atoms with Crippen LogP contribution in [0.2, 0.25) is 0 Å². The number of amides is 1. The van der Waals surface area contributed by atoms with Gasteiger partial charge in [0.25, 0.3) is 5.56 Å². The lowest BCUT2D eigenvalue weighted by Crippen LogP contribution is -2.38. The molecule has 0 unspecified atom stereocenters. The zero-order chi connectivity index (χ0) is 20.3. The van der Waals surface area contributed by atoms with Crippen molar-refractivity contribution in [1.29, 1.82) is 0 Å². The summed E-state index contributed by atoms with van der Waals surface area (Å²) >= 11 is 1.36. The van der Waals surface area contributed by atoms with Gasteiger partial charge in [-0.15, -0.1) is 0 Å². The summed E-state index contributed by atoms with van der Waals surface area (Å²) < 4.78 is 1.72. The fourth-order valence-electron chi connectivity index (χ4n) is 3.71. The third-order valence-corrected chi connectivity index (χ3v) is 6.46. The van der Waals surface area contributed by atoms with Crippen LogP contribution in [0, 0.1) is 18.8 Å². The summed E-state index contributed by atoms with van der Waals surface area (Å²) in [6.45, 7) is 9.09. The highest BCUT2D eigenvalue weighted by atomic mass is 32.2. The van der Waals surface area contributed by atoms with Gasteiger partial charge in [0.05, 0.1) is 11.3 Å². The fourth-order valence-corrected chi connectivity index (χ4v) is 4.55. The van der Waals surface area contributed by atoms with Gasteiger partial charge < -0.3 is 10.3 Å². The Morgan fingerprint density at radius 1 is 1.36 bits per heavy atom. The van der Waals surface area contributed by atoms with Crippen LogP contribution in [0.25, 0.3) is 11.0 Å². The van der Waals surface area contributed by atoms with Crippen molar-refractivity contribution < 1.29 is 4.79 Å². The predicted molar refractivity (Wildman–Crippen MR) is 115 cm³/mol. The van der Waals surface area contributed by atoms with Gasteiger partial charge in [0.2, 0.25) is 5.91 Å². The minimum Gasteiger partial charge on any atom is -0.353 e. The minimum absolute atomic E-state index is 0.0274. The third-order valence-electron chi connectivity index (χ3n) is 5.48. The van der Waals surface area contributed by atoms with Crippen LogP contribution in [-0.4, -0.2) is 32.2 Å². The van der Waals surface area contributed by atoms with E-state index in [1.54, 1.807) is 4.57 Å². The SMILES string of the molecule is Cc1cc2nc(SCC(=O)NC3CCC(C)CC3)n(CCC(C)C)c(=O)c2[nH]1. The Morgan fingerprint density at radius 3 is 2.75 bits per heavy atom. The molecule has 0 saturated heterocycles. The zero-order valence-electron chi connectivity index (χ0n) is 17.4. The molecule has 6 nitrogen and oxygen atoms in total. The Balaban J connectivity index is 1.72. The van der Waals surface area contributed by atoms with Crippen LogP contribution in [0.1, 0.15) is 58.6 Å². The Labute approximate surface area is 170 Å². The number of aromatic amines is 1. The lowest BCUT2D eigenvalue weighted by molar-refractivity contribution is -0.119. The summed E-state index contributed by atoms with van der Waals surface area (Å²) in [6, 6.07) is 2.17. The monoisotopic (exact) mass is 404 g/mol. The van der Waals surface area contributed by atoms with Crippen molar-refractivity contribution in [3.8, 4) is 0 Å². The number of nitrogens with zero attached hydrogens (tertiary/aromatic N) is 2. The quantitative estimate of drug-likeness (QED) is 0.542. The van der Waals surface area contributed by atoms with Crippen LogP contribution >= 0.6 is 11.8 Å². The van der Waals surface area contributed by atoms with E-state index in [1.165, 1.54) is 24.6 Å². The molecule has 2 heterocycles. The minimum atomic E-state index is -0.0528. The second-order valence-corrected chi connectivity index (χ2v) is 9.50. The molecule has 2 N–H and O–H groups in total. The van der Waals surface area contributed by atoms with E-state index in [-0.39, 0.29) is 23.3 Å². The topological polar surface area (TPSA) is 79.8 Å². The van der Waals surface area contributed by atoms with E-state index in [9.17, 15) is 9.59 Å². The van der Waals surface area contributed by atoms with E-state index >= 15 is 0 Å². The first kappa shape index (κ1) is 21.0. The van der Waals surface area contributed by atoms with Crippen LogP contribution in [0.4, 0.5) is 0 Å². The highest BCUT2D eigenvalue weighted by molar-refractivity contribution is 7.99. The summed E-state index contributed by atoms with van der Waals surface area (Å²) in [5.74, 6) is 1.57. The molecule has 0 aromatic carbocycles. The van der Waals surface area contributed by atoms with Crippen LogP contribution in [0.3, 0.4) is 0 Å². The molecular formula is C21H32N4O2S. The van der Waals surface area contributed by atoms with Gasteiger partial charge in [-0.2, -0.15) is 0 Å². The molecule has 0 spiro atoms. The normalized spacial score (nSPS) is 20.0. The van der Waals surface area contributed by atoms with Crippen molar-refractivity contribution in [3.05, 3.63) is 22.1 Å². The molecule has 1 saturated carbocycles. The molecule has 28 heavy (non-hydrogen) atoms. The Morgan fingerprint density at radius 2 is 2.07 bits per heavy atom. The van der Waals surface area contributed by atoms with Crippen LogP contribution in [-0.2, 0) is 11.3 Å². The van der Waals surface area contributed by atoms with Gasteiger partial charge in [0.15, 0.2) is 5.16 Å². The molecule has 1 fully saturated rings. The van der Waals surface area contributed by atoms with Crippen molar-refractivity contribution in [2.24, 2.45) is 11.8 Å². The van der Waals surface area contributed by atoms with E-state index in [2.05, 4.69) is 36.1 Å². The number of hydrogen-bond acceptors (Lipinski definition) is 4. The molecule has 2 aromatic heterocycles. The third kappa shape index (κ3) is 5.19. The Hall–Kier alpha value is -1.76. The van der Waals surface area contributed by atoms with Gasteiger partial charge in [-0.05, 0) is 56.9 Å². The molecule has 3 rings (SSSR count). The highest BCUT2D eigenvalue weighted by Crippen LogP contribution is 2.24. The number of carbonyl (C=O) groups excluding carboxylic acids is 1. The number of fused-ring (bicyclic) bond motifs is 1. The van der Waals surface area contributed by atoms with E-state index in [1.807, 2.05) is 13.0 Å². The summed E-state index contributed by atoms with van der Waals surface area (Å²) in [5.41, 5.74) is 2.09. The van der Waals surface area contributed by atoms with Crippen LogP contribution in [0.15, 0.2) is 16.0 Å². The first-order chi connectivity index (χ1) is 13.3. The molecule has 2 aromatic rings. The maximum Gasteiger partial charge on any atom is 0.278 e. The van der Waals surface area contributed by atoms with Crippen molar-refractivity contribution in [1.82, 2.24) is 19.9 Å². The average Bonchev–Trinajstić information content (AvgIpc) is 3.02. The van der Waals surface area contributed by atoms with Gasteiger partial charge in [0.1, 0.15) is 5.52 Å². The molecular weight excluding hydrogens is 372 g/mol. The van der Waals surface area contributed by atoms with Crippen LogP contribution < -0.4 is 10.9 Å². The van der Waals surface area contributed by atoms with Gasteiger partial charge in [-0.1, -0.05) is 32.5 Å². The molecule has 1 aliphatic rings. The first-order valence-corrected chi connectivity index (χ1v) is 11.3. The van der Waals surface area contributed by atoms with Crippen LogP contribution in [0.5, 0.6) is 0 Å². The standard InChI is InChI=1S/C21H32N4O2S/c1-13(2)9-10-25-20(27)19-17(11-15(4)22-19)24-21(25)28-12-18(26)23-16-7-5-14(3)6-8-16/h11,13-14,16,22H,5-10,12H2,1-4H3,(H,23,26). The molecule has 7 heteroatoms. The van der Waals surface area contributed by atoms with E-state index in [0.717, 1.165) is 30.9 Å². The van der Waals surface area contributed by atoms with Gasteiger partial charge >= 0.3 is 0 Å². The summed E-state index contributed by atoms with van der Waals surface area (Å²) in [4.78, 5) is 33.2. The molecule has 154 valence electrons. The maximum atomic E-state index is 12.9. The largest absolute Gasteiger partial charge is 0.353 e. The summed E-state index contributed by atoms with van der Waals surface area (Å²) in [5, 5.41) is 3.78. The highest BCUT2D eigenvalue weighted by Gasteiger charge is 2.20. The number of carbonyl (C=O) groups is 1. The Kier molecular flexibility index (Phi) is 6.86. The van der Waals surface area contributed by atoms with E-state index < -0.39 is 0 Å². The second-order valence-electron chi connectivity index (χ2n) is 8.56. The number of aryl methyl sites for hydroxylation is 1. The Bertz CT molecular complexity index is 878. The lowest BCUT2D eigenvalue weighted by Gasteiger charge is -2.26. The van der Waals surface area contributed by atoms with Gasteiger partial charge in [0, 0.05) is 18.3 Å². The fraction of sp³-hybridized carbons (Fsp3) is 0.667. The van der Waals surface area contributed by atoms with Crippen molar-refractivity contribution in [2.45, 2.75) is 77.5 Å². The van der Waals surface area contributed by atoms with E-state index in [0.29, 0.717) is 28.7 Å². The molecule has 0 atom stereocenters. The first-order valence-electron chi connectivity index (χ1n) is 10.4. The van der Waals surface area contributed by atoms with Crippen molar-refractivity contribution >= 4 is 28.7 Å². The number of thioether (sulfide) groups is 1. The summed E-state index contributed by atoms with van der Waals surface area (Å²) in [7, 11) is 0. The molecule has 1 aliphatic carbocycles. The average molecular weight is 405 g/mol. The number of aromatic nitrogens is 3. The number of H-pyrrole nitrogens is 1. The second kappa shape index (κ2) is 9.16. The number of hydrogen-bond donors (Lipinski definition) is 2. The molecule has 0 aliphatic heterocycles. The predicted octanol–water partition coefficient (Wildman–Crippen LogP) is 3.87. The lowest BCUT2D eigenvalue weighted by atomic mass is 9.87. The van der Waals surface area contributed by atoms with E-state index in [4.69, 9.17) is 0 Å². The van der Waals surface area contributed by atoms with Crippen molar-refractivity contribution in [3.63, 3.8) is 0 Å². The summed E-state index contributed by atoms with van der Waals surface area (Å²) in [6.07, 6.45) is 5.37. The zero-order valence-corrected chi connectivity index (χ0v) is 18.2. The molecule has 0 bridgehead atoms. The number of rotatable bonds is 7. The molecule has 0 radical (unpaired) electrons.